The number of carbonyl (C=O) groups is 1. The summed E-state index contributed by atoms with van der Waals surface area (Å²) in [5.41, 5.74) is 2.51. The highest BCUT2D eigenvalue weighted by Crippen LogP contribution is 2.30. The molecule has 0 radical (unpaired) electrons. The first-order chi connectivity index (χ1) is 13.6. The van der Waals surface area contributed by atoms with Gasteiger partial charge in [-0.3, -0.25) is 4.79 Å². The summed E-state index contributed by atoms with van der Waals surface area (Å²) in [7, 11) is 0. The number of hydrogen-bond donors (Lipinski definition) is 3. The van der Waals surface area contributed by atoms with Crippen LogP contribution >= 0.6 is 0 Å². The SMILES string of the molecule is CCC(=NNC(=O)C(O)(c1ccccc1)c1ccccc1)c1ccccc1O. The highest BCUT2D eigenvalue weighted by atomic mass is 16.3. The van der Waals surface area contributed by atoms with Crippen molar-refractivity contribution in [1.29, 1.82) is 0 Å². The second-order valence-corrected chi connectivity index (χ2v) is 6.31. The Kier molecular flexibility index (Phi) is 5.87. The summed E-state index contributed by atoms with van der Waals surface area (Å²) in [6.45, 7) is 1.87. The van der Waals surface area contributed by atoms with E-state index in [1.807, 2.05) is 19.1 Å². The van der Waals surface area contributed by atoms with Gasteiger partial charge in [-0.05, 0) is 29.7 Å². The van der Waals surface area contributed by atoms with Crippen LogP contribution in [0.25, 0.3) is 0 Å². The summed E-state index contributed by atoms with van der Waals surface area (Å²) in [5, 5.41) is 25.6. The fraction of sp³-hybridized carbons (Fsp3) is 0.130. The molecule has 0 aliphatic heterocycles. The lowest BCUT2D eigenvalue weighted by Crippen LogP contribution is -2.44. The molecule has 0 atom stereocenters. The van der Waals surface area contributed by atoms with Gasteiger partial charge in [0.25, 0.3) is 5.91 Å². The van der Waals surface area contributed by atoms with Gasteiger partial charge in [0.2, 0.25) is 0 Å². The summed E-state index contributed by atoms with van der Waals surface area (Å²) in [5.74, 6) is -0.593. The van der Waals surface area contributed by atoms with E-state index in [4.69, 9.17) is 0 Å². The van der Waals surface area contributed by atoms with Gasteiger partial charge in [-0.15, -0.1) is 0 Å². The molecular weight excluding hydrogens is 352 g/mol. The number of nitrogens with zero attached hydrogens (tertiary/aromatic N) is 1. The van der Waals surface area contributed by atoms with E-state index < -0.39 is 11.5 Å². The lowest BCUT2D eigenvalue weighted by atomic mass is 9.85. The van der Waals surface area contributed by atoms with Crippen LogP contribution < -0.4 is 5.43 Å². The normalized spacial score (nSPS) is 11.9. The van der Waals surface area contributed by atoms with Crippen molar-refractivity contribution in [1.82, 2.24) is 5.43 Å². The van der Waals surface area contributed by atoms with Crippen molar-refractivity contribution in [3.63, 3.8) is 0 Å². The Bertz CT molecular complexity index is 930. The number of aromatic hydroxyl groups is 1. The summed E-state index contributed by atoms with van der Waals surface area (Å²) < 4.78 is 0. The van der Waals surface area contributed by atoms with Gasteiger partial charge in [0.1, 0.15) is 5.75 Å². The first-order valence-electron chi connectivity index (χ1n) is 9.06. The molecule has 0 fully saturated rings. The molecule has 0 heterocycles. The Balaban J connectivity index is 1.98. The van der Waals surface area contributed by atoms with Crippen molar-refractivity contribution in [3.8, 4) is 5.75 Å². The number of hydrogen-bond acceptors (Lipinski definition) is 4. The Morgan fingerprint density at radius 3 is 1.89 bits per heavy atom. The molecule has 3 aromatic rings. The number of nitrogens with one attached hydrogen (secondary N) is 1. The number of phenols is 1. The third-order valence-corrected chi connectivity index (χ3v) is 4.55. The lowest BCUT2D eigenvalue weighted by Gasteiger charge is -2.27. The predicted molar refractivity (Wildman–Crippen MR) is 109 cm³/mol. The van der Waals surface area contributed by atoms with E-state index >= 15 is 0 Å². The van der Waals surface area contributed by atoms with Gasteiger partial charge in [-0.1, -0.05) is 79.7 Å². The molecule has 0 saturated carbocycles. The van der Waals surface area contributed by atoms with Crippen molar-refractivity contribution in [2.45, 2.75) is 18.9 Å². The number of benzene rings is 3. The first-order valence-corrected chi connectivity index (χ1v) is 9.06. The van der Waals surface area contributed by atoms with Crippen molar-refractivity contribution < 1.29 is 15.0 Å². The van der Waals surface area contributed by atoms with Gasteiger partial charge >= 0.3 is 0 Å². The van der Waals surface area contributed by atoms with Gasteiger partial charge in [0.05, 0.1) is 5.71 Å². The molecule has 5 nitrogen and oxygen atoms in total. The highest BCUT2D eigenvalue weighted by Gasteiger charge is 2.40. The fourth-order valence-electron chi connectivity index (χ4n) is 3.03. The number of hydrazone groups is 1. The van der Waals surface area contributed by atoms with Crippen molar-refractivity contribution >= 4 is 11.6 Å². The molecule has 3 aromatic carbocycles. The summed E-state index contributed by atoms with van der Waals surface area (Å²) in [6.07, 6.45) is 0.493. The van der Waals surface area contributed by atoms with E-state index in [1.54, 1.807) is 72.8 Å². The molecule has 0 aliphatic rings. The van der Waals surface area contributed by atoms with Crippen LogP contribution in [0.4, 0.5) is 0 Å². The van der Waals surface area contributed by atoms with Crippen LogP contribution in [0, 0.1) is 0 Å². The third kappa shape index (κ3) is 3.80. The fourth-order valence-corrected chi connectivity index (χ4v) is 3.03. The molecule has 142 valence electrons. The second-order valence-electron chi connectivity index (χ2n) is 6.31. The van der Waals surface area contributed by atoms with E-state index in [0.29, 0.717) is 28.8 Å². The molecule has 0 unspecified atom stereocenters. The molecule has 3 rings (SSSR count). The maximum absolute atomic E-state index is 13.1. The van der Waals surface area contributed by atoms with Gasteiger partial charge in [0.15, 0.2) is 5.60 Å². The maximum Gasteiger partial charge on any atom is 0.281 e. The lowest BCUT2D eigenvalue weighted by molar-refractivity contribution is -0.136. The molecule has 0 spiro atoms. The minimum Gasteiger partial charge on any atom is -0.507 e. The molecule has 0 saturated heterocycles. The molecule has 28 heavy (non-hydrogen) atoms. The number of aliphatic hydroxyl groups is 1. The second kappa shape index (κ2) is 8.50. The van der Waals surface area contributed by atoms with Crippen LogP contribution in [0.2, 0.25) is 0 Å². The first kappa shape index (κ1) is 19.3. The minimum absolute atomic E-state index is 0.0822. The smallest absolute Gasteiger partial charge is 0.281 e. The number of para-hydroxylation sites is 1. The van der Waals surface area contributed by atoms with Crippen LogP contribution in [-0.4, -0.2) is 21.8 Å². The zero-order chi connectivity index (χ0) is 20.0. The van der Waals surface area contributed by atoms with E-state index in [1.165, 1.54) is 0 Å². The number of amides is 1. The quantitative estimate of drug-likeness (QED) is 0.456. The van der Waals surface area contributed by atoms with Crippen LogP contribution in [-0.2, 0) is 10.4 Å². The molecule has 3 N–H and O–H groups in total. The Labute approximate surface area is 164 Å². The number of carbonyl (C=O) groups excluding carboxylic acids is 1. The zero-order valence-corrected chi connectivity index (χ0v) is 15.5. The van der Waals surface area contributed by atoms with Gasteiger partial charge in [-0.25, -0.2) is 5.43 Å². The highest BCUT2D eigenvalue weighted by molar-refractivity contribution is 6.03. The topological polar surface area (TPSA) is 81.9 Å². The van der Waals surface area contributed by atoms with Crippen LogP contribution in [0.15, 0.2) is 90.0 Å². The zero-order valence-electron chi connectivity index (χ0n) is 15.5. The Morgan fingerprint density at radius 1 is 0.893 bits per heavy atom. The van der Waals surface area contributed by atoms with Crippen molar-refractivity contribution in [2.24, 2.45) is 5.10 Å². The van der Waals surface area contributed by atoms with Crippen molar-refractivity contribution in [2.75, 3.05) is 0 Å². The molecule has 0 aromatic heterocycles. The summed E-state index contributed by atoms with van der Waals surface area (Å²) in [6, 6.07) is 24.3. The average Bonchev–Trinajstić information content (AvgIpc) is 2.75. The van der Waals surface area contributed by atoms with Crippen molar-refractivity contribution in [3.05, 3.63) is 102 Å². The molecule has 0 aliphatic carbocycles. The van der Waals surface area contributed by atoms with E-state index in [-0.39, 0.29) is 5.75 Å². The van der Waals surface area contributed by atoms with E-state index in [9.17, 15) is 15.0 Å². The van der Waals surface area contributed by atoms with E-state index in [0.717, 1.165) is 0 Å². The van der Waals surface area contributed by atoms with Crippen LogP contribution in [0.5, 0.6) is 5.75 Å². The largest absolute Gasteiger partial charge is 0.507 e. The Morgan fingerprint density at radius 2 is 1.39 bits per heavy atom. The third-order valence-electron chi connectivity index (χ3n) is 4.55. The molecule has 0 bridgehead atoms. The predicted octanol–water partition coefficient (Wildman–Crippen LogP) is 3.56. The number of phenolic OH excluding ortho intramolecular Hbond substituents is 1. The van der Waals surface area contributed by atoms with Crippen LogP contribution in [0.1, 0.15) is 30.0 Å². The van der Waals surface area contributed by atoms with Gasteiger partial charge in [0, 0.05) is 5.56 Å². The number of rotatable bonds is 6. The standard InChI is InChI=1S/C23H22N2O3/c1-2-20(19-15-9-10-16-21(19)26)24-25-22(27)23(28,17-11-5-3-6-12-17)18-13-7-4-8-14-18/h3-16,26,28H,2H2,1H3,(H,25,27). The van der Waals surface area contributed by atoms with E-state index in [2.05, 4.69) is 10.5 Å². The van der Waals surface area contributed by atoms with Crippen LogP contribution in [0.3, 0.4) is 0 Å². The molecule has 1 amide bonds. The Hall–Kier alpha value is -3.44. The van der Waals surface area contributed by atoms with Gasteiger partial charge < -0.3 is 10.2 Å². The maximum atomic E-state index is 13.1. The van der Waals surface area contributed by atoms with Gasteiger partial charge in [-0.2, -0.15) is 5.10 Å². The molecule has 5 heteroatoms. The average molecular weight is 374 g/mol. The summed E-state index contributed by atoms with van der Waals surface area (Å²) in [4.78, 5) is 13.1. The summed E-state index contributed by atoms with van der Waals surface area (Å²) >= 11 is 0. The monoisotopic (exact) mass is 374 g/mol. The minimum atomic E-state index is -1.90. The molecular formula is C23H22N2O3.